The zero-order chi connectivity index (χ0) is 12.7. The number of anilines is 2. The van der Waals surface area contributed by atoms with Gasteiger partial charge in [0.05, 0.1) is 6.10 Å². The van der Waals surface area contributed by atoms with Crippen LogP contribution in [0, 0.1) is 5.92 Å². The lowest BCUT2D eigenvalue weighted by molar-refractivity contribution is 0.138. The maximum atomic E-state index is 9.68. The highest BCUT2D eigenvalue weighted by molar-refractivity contribution is 5.46. The zero-order valence-electron chi connectivity index (χ0n) is 10.8. The van der Waals surface area contributed by atoms with Crippen LogP contribution in [-0.2, 0) is 0 Å². The van der Waals surface area contributed by atoms with E-state index >= 15 is 0 Å². The van der Waals surface area contributed by atoms with Gasteiger partial charge in [0.2, 0.25) is 0 Å². The summed E-state index contributed by atoms with van der Waals surface area (Å²) >= 11 is 0. The van der Waals surface area contributed by atoms with Crippen molar-refractivity contribution in [3.05, 3.63) is 12.4 Å². The van der Waals surface area contributed by atoms with Crippen LogP contribution in [-0.4, -0.2) is 34.3 Å². The number of aliphatic hydroxyl groups is 1. The van der Waals surface area contributed by atoms with Crippen LogP contribution >= 0.6 is 0 Å². The number of rotatable bonds is 7. The van der Waals surface area contributed by atoms with E-state index < -0.39 is 0 Å². The fourth-order valence-electron chi connectivity index (χ4n) is 1.25. The highest BCUT2D eigenvalue weighted by Gasteiger charge is 2.08. The van der Waals surface area contributed by atoms with E-state index in [0.717, 1.165) is 24.6 Å². The van der Waals surface area contributed by atoms with Gasteiger partial charge in [-0.25, -0.2) is 9.97 Å². The Morgan fingerprint density at radius 2 is 1.88 bits per heavy atom. The molecule has 0 radical (unpaired) electrons. The number of nitrogens with zero attached hydrogens (tertiary/aromatic N) is 2. The summed E-state index contributed by atoms with van der Waals surface area (Å²) in [5, 5.41) is 16.0. The van der Waals surface area contributed by atoms with E-state index in [1.54, 1.807) is 0 Å². The van der Waals surface area contributed by atoms with Gasteiger partial charge >= 0.3 is 0 Å². The fourth-order valence-corrected chi connectivity index (χ4v) is 1.25. The third-order valence-electron chi connectivity index (χ3n) is 2.49. The molecular weight excluding hydrogens is 216 g/mol. The molecular formula is C12H22N4O. The van der Waals surface area contributed by atoms with E-state index in [1.165, 1.54) is 6.33 Å². The number of aromatic nitrogens is 2. The Balaban J connectivity index is 2.48. The topological polar surface area (TPSA) is 70.1 Å². The van der Waals surface area contributed by atoms with Crippen LogP contribution in [0.25, 0.3) is 0 Å². The quantitative estimate of drug-likeness (QED) is 0.675. The first-order valence-corrected chi connectivity index (χ1v) is 6.11. The van der Waals surface area contributed by atoms with Gasteiger partial charge in [-0.3, -0.25) is 0 Å². The summed E-state index contributed by atoms with van der Waals surface area (Å²) in [5.74, 6) is 1.78. The van der Waals surface area contributed by atoms with E-state index in [4.69, 9.17) is 0 Å². The van der Waals surface area contributed by atoms with Crippen LogP contribution in [0.15, 0.2) is 12.4 Å². The molecule has 0 aliphatic rings. The second-order valence-electron chi connectivity index (χ2n) is 4.41. The average molecular weight is 238 g/mol. The first kappa shape index (κ1) is 13.7. The maximum Gasteiger partial charge on any atom is 0.131 e. The molecule has 96 valence electrons. The summed E-state index contributed by atoms with van der Waals surface area (Å²) in [7, 11) is 0. The van der Waals surface area contributed by atoms with Crippen LogP contribution < -0.4 is 10.6 Å². The van der Waals surface area contributed by atoms with Crippen molar-refractivity contribution >= 4 is 11.6 Å². The van der Waals surface area contributed by atoms with Crippen LogP contribution in [0.1, 0.15) is 27.2 Å². The van der Waals surface area contributed by atoms with Crippen LogP contribution in [0.3, 0.4) is 0 Å². The number of hydrogen-bond acceptors (Lipinski definition) is 5. The van der Waals surface area contributed by atoms with Gasteiger partial charge in [-0.1, -0.05) is 20.8 Å². The Morgan fingerprint density at radius 1 is 1.24 bits per heavy atom. The first-order chi connectivity index (χ1) is 8.13. The van der Waals surface area contributed by atoms with Gasteiger partial charge in [-0.05, 0) is 12.3 Å². The molecule has 1 rings (SSSR count). The Kier molecular flexibility index (Phi) is 5.69. The van der Waals surface area contributed by atoms with E-state index in [2.05, 4.69) is 27.5 Å². The molecule has 1 unspecified atom stereocenters. The third kappa shape index (κ3) is 4.99. The minimum atomic E-state index is -0.364. The minimum absolute atomic E-state index is 0.238. The van der Waals surface area contributed by atoms with Crippen molar-refractivity contribution in [2.45, 2.75) is 33.3 Å². The van der Waals surface area contributed by atoms with Crippen molar-refractivity contribution in [3.63, 3.8) is 0 Å². The first-order valence-electron chi connectivity index (χ1n) is 6.11. The van der Waals surface area contributed by atoms with Gasteiger partial charge < -0.3 is 15.7 Å². The second-order valence-corrected chi connectivity index (χ2v) is 4.41. The Labute approximate surface area is 103 Å². The SMILES string of the molecule is CCCNc1cc(NCC(O)C(C)C)ncn1. The fraction of sp³-hybridized carbons (Fsp3) is 0.667. The van der Waals surface area contributed by atoms with E-state index in [-0.39, 0.29) is 12.0 Å². The van der Waals surface area contributed by atoms with Crippen molar-refractivity contribution in [2.75, 3.05) is 23.7 Å². The summed E-state index contributed by atoms with van der Waals surface area (Å²) in [6, 6.07) is 1.85. The Morgan fingerprint density at radius 3 is 2.47 bits per heavy atom. The molecule has 1 aromatic heterocycles. The molecule has 0 aliphatic carbocycles. The molecule has 0 aromatic carbocycles. The highest BCUT2D eigenvalue weighted by Crippen LogP contribution is 2.09. The molecule has 0 bridgehead atoms. The van der Waals surface area contributed by atoms with Crippen LogP contribution in [0.4, 0.5) is 11.6 Å². The van der Waals surface area contributed by atoms with Gasteiger partial charge in [-0.15, -0.1) is 0 Å². The van der Waals surface area contributed by atoms with E-state index in [0.29, 0.717) is 6.54 Å². The molecule has 0 spiro atoms. The molecule has 1 heterocycles. The standard InChI is InChI=1S/C12H22N4O/c1-4-5-13-11-6-12(16-8-15-11)14-7-10(17)9(2)3/h6,8-10,17H,4-5,7H2,1-3H3,(H2,13,14,15,16). The monoisotopic (exact) mass is 238 g/mol. The molecule has 0 saturated heterocycles. The second kappa shape index (κ2) is 7.06. The van der Waals surface area contributed by atoms with Gasteiger partial charge in [0.1, 0.15) is 18.0 Å². The van der Waals surface area contributed by atoms with Crippen molar-refractivity contribution in [1.29, 1.82) is 0 Å². The average Bonchev–Trinajstić information content (AvgIpc) is 2.33. The molecule has 0 fully saturated rings. The molecule has 5 heteroatoms. The highest BCUT2D eigenvalue weighted by atomic mass is 16.3. The lowest BCUT2D eigenvalue weighted by Crippen LogP contribution is -2.25. The Hall–Kier alpha value is -1.36. The summed E-state index contributed by atoms with van der Waals surface area (Å²) in [6.07, 6.45) is 2.21. The van der Waals surface area contributed by atoms with Crippen molar-refractivity contribution in [2.24, 2.45) is 5.92 Å². The minimum Gasteiger partial charge on any atom is -0.391 e. The molecule has 3 N–H and O–H groups in total. The normalized spacial score (nSPS) is 12.5. The summed E-state index contributed by atoms with van der Waals surface area (Å²) < 4.78 is 0. The van der Waals surface area contributed by atoms with Gasteiger partial charge in [0, 0.05) is 19.2 Å². The summed E-state index contributed by atoms with van der Waals surface area (Å²) in [6.45, 7) is 7.47. The Bertz CT molecular complexity index is 330. The van der Waals surface area contributed by atoms with Crippen LogP contribution in [0.2, 0.25) is 0 Å². The lowest BCUT2D eigenvalue weighted by Gasteiger charge is -2.15. The largest absolute Gasteiger partial charge is 0.391 e. The molecule has 0 saturated carbocycles. The summed E-state index contributed by atoms with van der Waals surface area (Å²) in [5.41, 5.74) is 0. The number of aliphatic hydroxyl groups excluding tert-OH is 1. The third-order valence-corrected chi connectivity index (χ3v) is 2.49. The molecule has 0 amide bonds. The summed E-state index contributed by atoms with van der Waals surface area (Å²) in [4.78, 5) is 8.22. The molecule has 1 aromatic rings. The lowest BCUT2D eigenvalue weighted by atomic mass is 10.1. The predicted molar refractivity (Wildman–Crippen MR) is 70.1 cm³/mol. The molecule has 5 nitrogen and oxygen atoms in total. The molecule has 17 heavy (non-hydrogen) atoms. The van der Waals surface area contributed by atoms with E-state index in [9.17, 15) is 5.11 Å². The number of nitrogens with one attached hydrogen (secondary N) is 2. The smallest absolute Gasteiger partial charge is 0.131 e. The zero-order valence-corrected chi connectivity index (χ0v) is 10.8. The van der Waals surface area contributed by atoms with Gasteiger partial charge in [0.15, 0.2) is 0 Å². The number of hydrogen-bond donors (Lipinski definition) is 3. The van der Waals surface area contributed by atoms with E-state index in [1.807, 2.05) is 19.9 Å². The maximum absolute atomic E-state index is 9.68. The van der Waals surface area contributed by atoms with Crippen molar-refractivity contribution < 1.29 is 5.11 Å². The molecule has 1 atom stereocenters. The van der Waals surface area contributed by atoms with Gasteiger partial charge in [0.25, 0.3) is 0 Å². The van der Waals surface area contributed by atoms with Crippen molar-refractivity contribution in [3.8, 4) is 0 Å². The van der Waals surface area contributed by atoms with Crippen LogP contribution in [0.5, 0.6) is 0 Å². The van der Waals surface area contributed by atoms with Gasteiger partial charge in [-0.2, -0.15) is 0 Å². The van der Waals surface area contributed by atoms with Crippen molar-refractivity contribution in [1.82, 2.24) is 9.97 Å². The predicted octanol–water partition coefficient (Wildman–Crippen LogP) is 1.73. The molecule has 0 aliphatic heterocycles.